The summed E-state index contributed by atoms with van der Waals surface area (Å²) in [5.74, 6) is -0.00639. The summed E-state index contributed by atoms with van der Waals surface area (Å²) in [4.78, 5) is 12.2. The minimum atomic E-state index is -1.27. The Labute approximate surface area is 114 Å². The minimum Gasteiger partial charge on any atom is -0.368 e. The van der Waals surface area contributed by atoms with Crippen LogP contribution in [0.5, 0.6) is 0 Å². The Bertz CT molecular complexity index is 614. The SMILES string of the molecule is Nc1nc(Cl)c2ncn(C3CCC(C(O)O)C3)c2n1. The van der Waals surface area contributed by atoms with E-state index in [0.29, 0.717) is 17.6 Å². The molecule has 0 aliphatic heterocycles. The second-order valence-electron chi connectivity index (χ2n) is 4.84. The van der Waals surface area contributed by atoms with E-state index in [-0.39, 0.29) is 23.1 Å². The van der Waals surface area contributed by atoms with Crippen LogP contribution in [0.25, 0.3) is 11.2 Å². The van der Waals surface area contributed by atoms with Gasteiger partial charge in [0.1, 0.15) is 5.52 Å². The van der Waals surface area contributed by atoms with Gasteiger partial charge in [0.15, 0.2) is 17.1 Å². The van der Waals surface area contributed by atoms with Gasteiger partial charge in [0.05, 0.1) is 6.33 Å². The molecular formula is C11H14ClN5O2. The highest BCUT2D eigenvalue weighted by Gasteiger charge is 2.31. The number of nitrogens with zero attached hydrogens (tertiary/aromatic N) is 4. The van der Waals surface area contributed by atoms with Crippen molar-refractivity contribution < 1.29 is 10.2 Å². The number of hydrogen-bond acceptors (Lipinski definition) is 6. The van der Waals surface area contributed by atoms with E-state index in [9.17, 15) is 10.2 Å². The lowest BCUT2D eigenvalue weighted by molar-refractivity contribution is -0.0822. The first kappa shape index (κ1) is 12.6. The van der Waals surface area contributed by atoms with Crippen molar-refractivity contribution in [3.05, 3.63) is 11.5 Å². The summed E-state index contributed by atoms with van der Waals surface area (Å²) < 4.78 is 1.89. The average molecular weight is 284 g/mol. The number of hydrogen-bond donors (Lipinski definition) is 3. The van der Waals surface area contributed by atoms with E-state index in [0.717, 1.165) is 12.8 Å². The van der Waals surface area contributed by atoms with Gasteiger partial charge in [0, 0.05) is 12.0 Å². The lowest BCUT2D eigenvalue weighted by Gasteiger charge is -2.14. The van der Waals surface area contributed by atoms with Crippen LogP contribution in [0.1, 0.15) is 25.3 Å². The Morgan fingerprint density at radius 2 is 2.16 bits per heavy atom. The first-order chi connectivity index (χ1) is 9.06. The van der Waals surface area contributed by atoms with Crippen LogP contribution in [0.3, 0.4) is 0 Å². The first-order valence-corrected chi connectivity index (χ1v) is 6.45. The molecule has 2 atom stereocenters. The maximum atomic E-state index is 9.23. The van der Waals surface area contributed by atoms with Gasteiger partial charge < -0.3 is 20.5 Å². The molecule has 102 valence electrons. The van der Waals surface area contributed by atoms with E-state index < -0.39 is 6.29 Å². The van der Waals surface area contributed by atoms with Crippen molar-refractivity contribution >= 4 is 28.7 Å². The zero-order valence-electron chi connectivity index (χ0n) is 10.1. The highest BCUT2D eigenvalue weighted by atomic mass is 35.5. The molecule has 1 saturated carbocycles. The molecule has 8 heteroatoms. The second-order valence-corrected chi connectivity index (χ2v) is 5.20. The van der Waals surface area contributed by atoms with Gasteiger partial charge in [-0.15, -0.1) is 0 Å². The third kappa shape index (κ3) is 2.13. The molecule has 7 nitrogen and oxygen atoms in total. The number of imidazole rings is 1. The third-order valence-electron chi connectivity index (χ3n) is 3.66. The highest BCUT2D eigenvalue weighted by molar-refractivity contribution is 6.33. The van der Waals surface area contributed by atoms with Gasteiger partial charge >= 0.3 is 0 Å². The number of nitrogen functional groups attached to an aromatic ring is 1. The summed E-state index contributed by atoms with van der Waals surface area (Å²) in [6, 6.07) is 0.127. The van der Waals surface area contributed by atoms with Gasteiger partial charge in [0.2, 0.25) is 5.95 Å². The van der Waals surface area contributed by atoms with Crippen molar-refractivity contribution in [2.75, 3.05) is 5.73 Å². The summed E-state index contributed by atoms with van der Waals surface area (Å²) >= 11 is 5.97. The van der Waals surface area contributed by atoms with Crippen molar-refractivity contribution in [2.24, 2.45) is 5.92 Å². The lowest BCUT2D eigenvalue weighted by Crippen LogP contribution is -2.17. The molecule has 2 aromatic rings. The van der Waals surface area contributed by atoms with Crippen molar-refractivity contribution in [3.8, 4) is 0 Å². The molecule has 0 saturated heterocycles. The van der Waals surface area contributed by atoms with Crippen molar-refractivity contribution in [3.63, 3.8) is 0 Å². The molecule has 0 bridgehead atoms. The van der Waals surface area contributed by atoms with E-state index in [1.165, 1.54) is 0 Å². The van der Waals surface area contributed by atoms with E-state index in [2.05, 4.69) is 15.0 Å². The molecule has 1 aliphatic carbocycles. The number of aromatic nitrogens is 4. The molecule has 2 heterocycles. The summed E-state index contributed by atoms with van der Waals surface area (Å²) in [5, 5.41) is 18.7. The van der Waals surface area contributed by atoms with Crippen LogP contribution in [0.4, 0.5) is 5.95 Å². The first-order valence-electron chi connectivity index (χ1n) is 6.08. The highest BCUT2D eigenvalue weighted by Crippen LogP contribution is 2.37. The van der Waals surface area contributed by atoms with E-state index >= 15 is 0 Å². The van der Waals surface area contributed by atoms with Crippen LogP contribution in [0, 0.1) is 5.92 Å². The predicted molar refractivity (Wildman–Crippen MR) is 69.3 cm³/mol. The molecule has 0 amide bonds. The smallest absolute Gasteiger partial charge is 0.223 e. The number of anilines is 1. The minimum absolute atomic E-state index is 0.107. The molecule has 0 aromatic carbocycles. The number of aliphatic hydroxyl groups is 2. The summed E-state index contributed by atoms with van der Waals surface area (Å²) in [7, 11) is 0. The zero-order chi connectivity index (χ0) is 13.6. The normalized spacial score (nSPS) is 23.6. The Morgan fingerprint density at radius 3 is 2.84 bits per heavy atom. The van der Waals surface area contributed by atoms with E-state index in [1.54, 1.807) is 6.33 Å². The number of nitrogens with two attached hydrogens (primary N) is 1. The van der Waals surface area contributed by atoms with Crippen molar-refractivity contribution in [1.29, 1.82) is 0 Å². The fraction of sp³-hybridized carbons (Fsp3) is 0.545. The van der Waals surface area contributed by atoms with Crippen LogP contribution >= 0.6 is 11.6 Å². The van der Waals surface area contributed by atoms with Crippen LogP contribution in [0.2, 0.25) is 5.15 Å². The quantitative estimate of drug-likeness (QED) is 0.553. The maximum absolute atomic E-state index is 9.23. The fourth-order valence-electron chi connectivity index (χ4n) is 2.68. The van der Waals surface area contributed by atoms with E-state index in [4.69, 9.17) is 17.3 Å². The van der Waals surface area contributed by atoms with Gasteiger partial charge in [-0.3, -0.25) is 0 Å². The summed E-state index contributed by atoms with van der Waals surface area (Å²) in [5.41, 5.74) is 6.71. The average Bonchev–Trinajstić information content (AvgIpc) is 2.93. The Morgan fingerprint density at radius 1 is 1.37 bits per heavy atom. The number of rotatable bonds is 2. The zero-order valence-corrected chi connectivity index (χ0v) is 10.8. The largest absolute Gasteiger partial charge is 0.368 e. The second kappa shape index (κ2) is 4.59. The third-order valence-corrected chi connectivity index (χ3v) is 3.92. The molecule has 0 spiro atoms. The van der Waals surface area contributed by atoms with Gasteiger partial charge in [0.25, 0.3) is 0 Å². The molecular weight excluding hydrogens is 270 g/mol. The molecule has 4 N–H and O–H groups in total. The maximum Gasteiger partial charge on any atom is 0.223 e. The molecule has 1 aliphatic rings. The summed E-state index contributed by atoms with van der Waals surface area (Å²) in [6.45, 7) is 0. The molecule has 0 radical (unpaired) electrons. The Balaban J connectivity index is 1.98. The number of halogens is 1. The fourth-order valence-corrected chi connectivity index (χ4v) is 2.90. The monoisotopic (exact) mass is 283 g/mol. The molecule has 3 rings (SSSR count). The van der Waals surface area contributed by atoms with Gasteiger partial charge in [-0.25, -0.2) is 4.98 Å². The van der Waals surface area contributed by atoms with Crippen LogP contribution in [-0.2, 0) is 0 Å². The van der Waals surface area contributed by atoms with Gasteiger partial charge in [-0.05, 0) is 19.3 Å². The molecule has 1 fully saturated rings. The summed E-state index contributed by atoms with van der Waals surface area (Å²) in [6.07, 6.45) is 2.65. The van der Waals surface area contributed by atoms with Crippen molar-refractivity contribution in [2.45, 2.75) is 31.6 Å². The van der Waals surface area contributed by atoms with Crippen LogP contribution in [0.15, 0.2) is 6.33 Å². The van der Waals surface area contributed by atoms with Crippen molar-refractivity contribution in [1.82, 2.24) is 19.5 Å². The van der Waals surface area contributed by atoms with Crippen LogP contribution < -0.4 is 5.73 Å². The number of fused-ring (bicyclic) bond motifs is 1. The van der Waals surface area contributed by atoms with E-state index in [1.807, 2.05) is 4.57 Å². The topological polar surface area (TPSA) is 110 Å². The lowest BCUT2D eigenvalue weighted by atomic mass is 10.1. The molecule has 2 unspecified atom stereocenters. The Hall–Kier alpha value is -1.44. The standard InChI is InChI=1S/C11H14ClN5O2/c12-8-7-9(16-11(13)15-8)17(4-14-7)6-2-1-5(3-6)10(18)19/h4-6,10,18-19H,1-3H2,(H2,13,15,16). The number of aliphatic hydroxyl groups excluding tert-OH is 1. The Kier molecular flexibility index (Phi) is 3.04. The predicted octanol–water partition coefficient (Wildman–Crippen LogP) is 0.714. The van der Waals surface area contributed by atoms with Gasteiger partial charge in [-0.1, -0.05) is 11.6 Å². The van der Waals surface area contributed by atoms with Crippen LogP contribution in [-0.4, -0.2) is 36.0 Å². The van der Waals surface area contributed by atoms with Gasteiger partial charge in [-0.2, -0.15) is 9.97 Å². The molecule has 2 aromatic heterocycles. The molecule has 19 heavy (non-hydrogen) atoms.